The largest absolute Gasteiger partial charge is 0.497 e. The standard InChI is InChI=1S/C23H22N2O5/c1-14(26)24-22-18(25(23(22)28)16-7-9-17(29-2)10-8-16)11-12-19(27)21-13-15-5-3-4-6-20(15)30-21/h3-12,18,21-22H,13H2,1-2H3,(H,24,26)/t18-,21?,22+/m1/s1. The lowest BCUT2D eigenvalue weighted by Gasteiger charge is -2.45. The maximum atomic E-state index is 12.7. The van der Waals surface area contributed by atoms with Crippen molar-refractivity contribution in [1.82, 2.24) is 5.32 Å². The SMILES string of the molecule is COc1ccc(N2C(=O)[C@@H](NC(C)=O)[C@H]2C=CC(=O)C2Cc3ccccc3O2)cc1. The van der Waals surface area contributed by atoms with E-state index in [4.69, 9.17) is 9.47 Å². The number of β-lactam (4-membered cyclic amide) rings is 1. The Labute approximate surface area is 174 Å². The van der Waals surface area contributed by atoms with Gasteiger partial charge in [0.15, 0.2) is 11.9 Å². The number of nitrogens with one attached hydrogen (secondary N) is 1. The van der Waals surface area contributed by atoms with Crippen molar-refractivity contribution in [3.63, 3.8) is 0 Å². The number of para-hydroxylation sites is 1. The zero-order valence-electron chi connectivity index (χ0n) is 16.7. The first kappa shape index (κ1) is 19.7. The van der Waals surface area contributed by atoms with E-state index >= 15 is 0 Å². The van der Waals surface area contributed by atoms with Crippen LogP contribution in [0.5, 0.6) is 11.5 Å². The van der Waals surface area contributed by atoms with Gasteiger partial charge in [-0.05, 0) is 42.0 Å². The average molecular weight is 406 g/mol. The van der Waals surface area contributed by atoms with E-state index in [9.17, 15) is 14.4 Å². The Bertz CT molecular complexity index is 990. The summed E-state index contributed by atoms with van der Waals surface area (Å²) in [5.41, 5.74) is 1.66. The summed E-state index contributed by atoms with van der Waals surface area (Å²) >= 11 is 0. The van der Waals surface area contributed by atoms with Crippen LogP contribution in [0.15, 0.2) is 60.7 Å². The van der Waals surface area contributed by atoms with Crippen LogP contribution in [-0.2, 0) is 20.8 Å². The minimum atomic E-state index is -0.713. The summed E-state index contributed by atoms with van der Waals surface area (Å²) in [6.07, 6.45) is 3.03. The lowest BCUT2D eigenvalue weighted by atomic mass is 9.92. The van der Waals surface area contributed by atoms with E-state index in [1.165, 1.54) is 13.0 Å². The van der Waals surface area contributed by atoms with Crippen LogP contribution in [0.3, 0.4) is 0 Å². The van der Waals surface area contributed by atoms with Crippen LogP contribution in [0, 0.1) is 0 Å². The van der Waals surface area contributed by atoms with Crippen LogP contribution in [-0.4, -0.2) is 42.9 Å². The fourth-order valence-electron chi connectivity index (χ4n) is 3.76. The highest BCUT2D eigenvalue weighted by atomic mass is 16.5. The van der Waals surface area contributed by atoms with Crippen LogP contribution in [0.2, 0.25) is 0 Å². The predicted molar refractivity (Wildman–Crippen MR) is 111 cm³/mol. The van der Waals surface area contributed by atoms with E-state index in [1.54, 1.807) is 42.4 Å². The quantitative estimate of drug-likeness (QED) is 0.586. The smallest absolute Gasteiger partial charge is 0.252 e. The van der Waals surface area contributed by atoms with Crippen molar-refractivity contribution in [2.75, 3.05) is 12.0 Å². The molecule has 2 heterocycles. The lowest BCUT2D eigenvalue weighted by molar-refractivity contribution is -0.131. The summed E-state index contributed by atoms with van der Waals surface area (Å²) in [5.74, 6) is 0.676. The Balaban J connectivity index is 1.51. The Morgan fingerprint density at radius 3 is 2.57 bits per heavy atom. The van der Waals surface area contributed by atoms with Gasteiger partial charge in [-0.3, -0.25) is 14.4 Å². The fourth-order valence-corrected chi connectivity index (χ4v) is 3.76. The Hall–Kier alpha value is -3.61. The van der Waals surface area contributed by atoms with Gasteiger partial charge in [0.2, 0.25) is 5.91 Å². The normalized spacial score (nSPS) is 22.3. The van der Waals surface area contributed by atoms with Gasteiger partial charge in [0.05, 0.1) is 13.2 Å². The second kappa shape index (κ2) is 8.02. The average Bonchev–Trinajstić information content (AvgIpc) is 3.19. The van der Waals surface area contributed by atoms with Crippen LogP contribution >= 0.6 is 0 Å². The number of fused-ring (bicyclic) bond motifs is 1. The number of amides is 2. The second-order valence-corrected chi connectivity index (χ2v) is 7.25. The van der Waals surface area contributed by atoms with Crippen molar-refractivity contribution in [2.24, 2.45) is 0 Å². The fraction of sp³-hybridized carbons (Fsp3) is 0.261. The summed E-state index contributed by atoms with van der Waals surface area (Å²) in [5, 5.41) is 2.66. The molecule has 1 saturated heterocycles. The van der Waals surface area contributed by atoms with Gasteiger partial charge in [-0.2, -0.15) is 0 Å². The number of rotatable bonds is 6. The molecule has 0 aliphatic carbocycles. The number of ether oxygens (including phenoxy) is 2. The molecule has 0 radical (unpaired) electrons. The predicted octanol–water partition coefficient (Wildman–Crippen LogP) is 2.04. The minimum Gasteiger partial charge on any atom is -0.497 e. The van der Waals surface area contributed by atoms with Gasteiger partial charge in [-0.25, -0.2) is 0 Å². The lowest BCUT2D eigenvalue weighted by Crippen LogP contribution is -2.70. The van der Waals surface area contributed by atoms with Gasteiger partial charge < -0.3 is 19.7 Å². The molecular formula is C23H22N2O5. The summed E-state index contributed by atoms with van der Waals surface area (Å²) < 4.78 is 10.9. The summed E-state index contributed by atoms with van der Waals surface area (Å²) in [6, 6.07) is 13.4. The van der Waals surface area contributed by atoms with Crippen molar-refractivity contribution in [1.29, 1.82) is 0 Å². The van der Waals surface area contributed by atoms with Crippen molar-refractivity contribution in [2.45, 2.75) is 31.5 Å². The monoisotopic (exact) mass is 406 g/mol. The van der Waals surface area contributed by atoms with Crippen molar-refractivity contribution in [3.05, 3.63) is 66.2 Å². The molecule has 1 fully saturated rings. The number of hydrogen-bond donors (Lipinski definition) is 1. The van der Waals surface area contributed by atoms with Gasteiger partial charge in [0, 0.05) is 19.0 Å². The number of nitrogens with zero attached hydrogens (tertiary/aromatic N) is 1. The third-order valence-electron chi connectivity index (χ3n) is 5.27. The second-order valence-electron chi connectivity index (χ2n) is 7.25. The maximum absolute atomic E-state index is 12.7. The Kier molecular flexibility index (Phi) is 5.27. The van der Waals surface area contributed by atoms with Crippen LogP contribution < -0.4 is 19.7 Å². The van der Waals surface area contributed by atoms with Gasteiger partial charge in [-0.1, -0.05) is 24.3 Å². The Morgan fingerprint density at radius 1 is 1.17 bits per heavy atom. The molecule has 4 rings (SSSR count). The van der Waals surface area contributed by atoms with E-state index in [0.717, 1.165) is 11.3 Å². The molecule has 154 valence electrons. The molecule has 0 spiro atoms. The van der Waals surface area contributed by atoms with Gasteiger partial charge in [0.1, 0.15) is 17.5 Å². The van der Waals surface area contributed by atoms with Gasteiger partial charge >= 0.3 is 0 Å². The van der Waals surface area contributed by atoms with E-state index in [1.807, 2.05) is 24.3 Å². The highest BCUT2D eigenvalue weighted by Crippen LogP contribution is 2.32. The van der Waals surface area contributed by atoms with Crippen molar-refractivity contribution >= 4 is 23.3 Å². The third-order valence-corrected chi connectivity index (χ3v) is 5.27. The zero-order valence-corrected chi connectivity index (χ0v) is 16.7. The number of hydrogen-bond acceptors (Lipinski definition) is 5. The van der Waals surface area contributed by atoms with Crippen LogP contribution in [0.1, 0.15) is 12.5 Å². The number of benzene rings is 2. The highest BCUT2D eigenvalue weighted by Gasteiger charge is 2.47. The topological polar surface area (TPSA) is 84.9 Å². The van der Waals surface area contributed by atoms with Crippen LogP contribution in [0.25, 0.3) is 0 Å². The molecule has 2 aliphatic heterocycles. The third kappa shape index (κ3) is 3.66. The molecule has 7 heteroatoms. The molecule has 2 aromatic rings. The summed E-state index contributed by atoms with van der Waals surface area (Å²) in [6.45, 7) is 1.36. The molecule has 0 saturated carbocycles. The van der Waals surface area contributed by atoms with E-state index in [0.29, 0.717) is 17.9 Å². The van der Waals surface area contributed by atoms with E-state index < -0.39 is 18.2 Å². The minimum absolute atomic E-state index is 0.179. The number of methoxy groups -OCH3 is 1. The van der Waals surface area contributed by atoms with Gasteiger partial charge in [0.25, 0.3) is 5.91 Å². The first-order chi connectivity index (χ1) is 14.5. The summed E-state index contributed by atoms with van der Waals surface area (Å²) in [7, 11) is 1.57. The molecule has 0 aromatic heterocycles. The number of anilines is 1. The van der Waals surface area contributed by atoms with E-state index in [2.05, 4.69) is 5.32 Å². The molecule has 7 nitrogen and oxygen atoms in total. The molecule has 3 atom stereocenters. The van der Waals surface area contributed by atoms with Crippen LogP contribution in [0.4, 0.5) is 5.69 Å². The number of carbonyl (C=O) groups excluding carboxylic acids is 3. The zero-order chi connectivity index (χ0) is 21.3. The first-order valence-corrected chi connectivity index (χ1v) is 9.69. The molecule has 2 aromatic carbocycles. The molecule has 0 bridgehead atoms. The number of ketones is 1. The van der Waals surface area contributed by atoms with Crippen molar-refractivity contribution < 1.29 is 23.9 Å². The highest BCUT2D eigenvalue weighted by molar-refractivity contribution is 6.08. The van der Waals surface area contributed by atoms with E-state index in [-0.39, 0.29) is 17.6 Å². The number of carbonyl (C=O) groups is 3. The summed E-state index contributed by atoms with van der Waals surface area (Å²) in [4.78, 5) is 38.4. The molecule has 2 amide bonds. The molecule has 1 unspecified atom stereocenters. The first-order valence-electron chi connectivity index (χ1n) is 9.69. The molecule has 2 aliphatic rings. The molecule has 1 N–H and O–H groups in total. The van der Waals surface area contributed by atoms with Gasteiger partial charge in [-0.15, -0.1) is 0 Å². The maximum Gasteiger partial charge on any atom is 0.252 e. The van der Waals surface area contributed by atoms with Crippen molar-refractivity contribution in [3.8, 4) is 11.5 Å². The molecule has 30 heavy (non-hydrogen) atoms. The Morgan fingerprint density at radius 2 is 1.90 bits per heavy atom. The molecular weight excluding hydrogens is 384 g/mol.